The van der Waals surface area contributed by atoms with Gasteiger partial charge in [-0.1, -0.05) is 6.07 Å². The first kappa shape index (κ1) is 14.4. The Hall–Kier alpha value is -1.62. The van der Waals surface area contributed by atoms with Gasteiger partial charge in [0.2, 0.25) is 0 Å². The molecule has 2 N–H and O–H groups in total. The summed E-state index contributed by atoms with van der Waals surface area (Å²) in [6.45, 7) is 4.97. The zero-order valence-corrected chi connectivity index (χ0v) is 11.2. The second-order valence-electron chi connectivity index (χ2n) is 4.30. The Balaban J connectivity index is 2.67. The summed E-state index contributed by atoms with van der Waals surface area (Å²) in [5.74, 6) is 0.572. The van der Waals surface area contributed by atoms with Crippen LogP contribution in [0.2, 0.25) is 0 Å². The minimum atomic E-state index is -0.402. The molecule has 1 heterocycles. The van der Waals surface area contributed by atoms with Crippen LogP contribution in [-0.4, -0.2) is 47.1 Å². The van der Waals surface area contributed by atoms with Crippen molar-refractivity contribution in [2.45, 2.75) is 26.4 Å². The number of hydrogen-bond acceptors (Lipinski definition) is 4. The van der Waals surface area contributed by atoms with Crippen molar-refractivity contribution in [3.63, 3.8) is 0 Å². The highest BCUT2D eigenvalue weighted by Gasteiger charge is 2.13. The minimum Gasteiger partial charge on any atom is -0.393 e. The smallest absolute Gasteiger partial charge is 0.272 e. The maximum Gasteiger partial charge on any atom is 0.272 e. The summed E-state index contributed by atoms with van der Waals surface area (Å²) in [5.41, 5.74) is 0.418. The largest absolute Gasteiger partial charge is 0.393 e. The molecule has 1 unspecified atom stereocenters. The number of amides is 1. The molecule has 0 radical (unpaired) electrons. The fourth-order valence-corrected chi connectivity index (χ4v) is 1.51. The predicted octanol–water partition coefficient (Wildman–Crippen LogP) is 1.36. The number of aliphatic hydroxyl groups is 1. The van der Waals surface area contributed by atoms with Gasteiger partial charge in [0.1, 0.15) is 11.5 Å². The van der Waals surface area contributed by atoms with Gasteiger partial charge < -0.3 is 15.3 Å². The van der Waals surface area contributed by atoms with Gasteiger partial charge in [0.05, 0.1) is 6.10 Å². The molecule has 0 aromatic carbocycles. The van der Waals surface area contributed by atoms with Gasteiger partial charge in [-0.3, -0.25) is 4.79 Å². The number of hydrogen-bond donors (Lipinski definition) is 2. The van der Waals surface area contributed by atoms with Gasteiger partial charge in [-0.25, -0.2) is 4.98 Å². The molecule has 1 aromatic rings. The molecule has 1 amide bonds. The molecule has 1 atom stereocenters. The number of anilines is 1. The summed E-state index contributed by atoms with van der Waals surface area (Å²) in [5, 5.41) is 12.3. The Bertz CT molecular complexity index is 394. The van der Waals surface area contributed by atoms with E-state index in [-0.39, 0.29) is 5.91 Å². The normalized spacial score (nSPS) is 12.0. The summed E-state index contributed by atoms with van der Waals surface area (Å²) in [7, 11) is 1.71. The van der Waals surface area contributed by atoms with Crippen molar-refractivity contribution in [3.05, 3.63) is 23.9 Å². The third kappa shape index (κ3) is 4.33. The standard InChI is InChI=1S/C13H21N3O2/c1-4-14-12-7-5-6-11(15-12)13(18)16(3)9-8-10(2)17/h5-7,10,17H,4,8-9H2,1-3H3,(H,14,15). The quantitative estimate of drug-likeness (QED) is 0.801. The number of carbonyl (C=O) groups excluding carboxylic acids is 1. The Kier molecular flexibility index (Phi) is 5.58. The van der Waals surface area contributed by atoms with E-state index in [1.807, 2.05) is 13.0 Å². The van der Waals surface area contributed by atoms with Gasteiger partial charge in [-0.2, -0.15) is 0 Å². The van der Waals surface area contributed by atoms with Crippen LogP contribution in [0, 0.1) is 0 Å². The Morgan fingerprint density at radius 2 is 2.28 bits per heavy atom. The highest BCUT2D eigenvalue weighted by atomic mass is 16.3. The fraction of sp³-hybridized carbons (Fsp3) is 0.538. The SMILES string of the molecule is CCNc1cccc(C(=O)N(C)CCC(C)O)n1. The van der Waals surface area contributed by atoms with Gasteiger partial charge in [-0.15, -0.1) is 0 Å². The van der Waals surface area contributed by atoms with Crippen LogP contribution >= 0.6 is 0 Å². The molecule has 0 aliphatic heterocycles. The Morgan fingerprint density at radius 1 is 1.56 bits per heavy atom. The van der Waals surface area contributed by atoms with Crippen molar-refractivity contribution in [3.8, 4) is 0 Å². The van der Waals surface area contributed by atoms with E-state index >= 15 is 0 Å². The van der Waals surface area contributed by atoms with Crippen molar-refractivity contribution in [2.24, 2.45) is 0 Å². The fourth-order valence-electron chi connectivity index (χ4n) is 1.51. The van der Waals surface area contributed by atoms with Gasteiger partial charge in [0, 0.05) is 20.1 Å². The van der Waals surface area contributed by atoms with Crippen LogP contribution in [0.15, 0.2) is 18.2 Å². The van der Waals surface area contributed by atoms with Crippen molar-refractivity contribution in [2.75, 3.05) is 25.5 Å². The van der Waals surface area contributed by atoms with E-state index in [4.69, 9.17) is 0 Å². The Labute approximate surface area is 108 Å². The second-order valence-corrected chi connectivity index (χ2v) is 4.30. The lowest BCUT2D eigenvalue weighted by Gasteiger charge is -2.17. The zero-order valence-electron chi connectivity index (χ0n) is 11.2. The molecule has 5 nitrogen and oxygen atoms in total. The topological polar surface area (TPSA) is 65.5 Å². The predicted molar refractivity (Wildman–Crippen MR) is 71.7 cm³/mol. The van der Waals surface area contributed by atoms with Crippen LogP contribution < -0.4 is 5.32 Å². The third-order valence-corrected chi connectivity index (χ3v) is 2.56. The molecule has 0 spiro atoms. The number of nitrogens with zero attached hydrogens (tertiary/aromatic N) is 2. The molecule has 1 aromatic heterocycles. The summed E-state index contributed by atoms with van der Waals surface area (Å²) in [6, 6.07) is 5.33. The zero-order chi connectivity index (χ0) is 13.5. The van der Waals surface area contributed by atoms with Crippen LogP contribution in [-0.2, 0) is 0 Å². The highest BCUT2D eigenvalue weighted by Crippen LogP contribution is 2.07. The van der Waals surface area contributed by atoms with Crippen molar-refractivity contribution < 1.29 is 9.90 Å². The molecular formula is C13H21N3O2. The number of aliphatic hydroxyl groups excluding tert-OH is 1. The van der Waals surface area contributed by atoms with E-state index in [9.17, 15) is 9.90 Å². The second kappa shape index (κ2) is 6.96. The number of carbonyl (C=O) groups is 1. The summed E-state index contributed by atoms with van der Waals surface area (Å²) < 4.78 is 0. The average molecular weight is 251 g/mol. The third-order valence-electron chi connectivity index (χ3n) is 2.56. The molecule has 0 aliphatic rings. The molecule has 1 rings (SSSR count). The van der Waals surface area contributed by atoms with Crippen LogP contribution in [0.1, 0.15) is 30.8 Å². The van der Waals surface area contributed by atoms with Crippen LogP contribution in [0.4, 0.5) is 5.82 Å². The summed E-state index contributed by atoms with van der Waals surface area (Å²) in [6.07, 6.45) is 0.163. The number of pyridine rings is 1. The van der Waals surface area contributed by atoms with E-state index in [1.165, 1.54) is 0 Å². The first-order chi connectivity index (χ1) is 8.54. The molecule has 0 fully saturated rings. The van der Waals surface area contributed by atoms with Crippen LogP contribution in [0.25, 0.3) is 0 Å². The van der Waals surface area contributed by atoms with E-state index < -0.39 is 6.10 Å². The van der Waals surface area contributed by atoms with Crippen molar-refractivity contribution >= 4 is 11.7 Å². The number of rotatable bonds is 6. The molecule has 0 aliphatic carbocycles. The van der Waals surface area contributed by atoms with Gasteiger partial charge in [0.25, 0.3) is 5.91 Å². The first-order valence-electron chi connectivity index (χ1n) is 6.19. The lowest BCUT2D eigenvalue weighted by molar-refractivity contribution is 0.0763. The molecule has 0 bridgehead atoms. The van der Waals surface area contributed by atoms with Crippen LogP contribution in [0.5, 0.6) is 0 Å². The van der Waals surface area contributed by atoms with Gasteiger partial charge in [0.15, 0.2) is 0 Å². The summed E-state index contributed by atoms with van der Waals surface area (Å²) >= 11 is 0. The van der Waals surface area contributed by atoms with Crippen LogP contribution in [0.3, 0.4) is 0 Å². The monoisotopic (exact) mass is 251 g/mol. The molecular weight excluding hydrogens is 230 g/mol. The van der Waals surface area contributed by atoms with Crippen molar-refractivity contribution in [1.82, 2.24) is 9.88 Å². The first-order valence-corrected chi connectivity index (χ1v) is 6.19. The lowest BCUT2D eigenvalue weighted by Crippen LogP contribution is -2.30. The van der Waals surface area contributed by atoms with Gasteiger partial charge >= 0.3 is 0 Å². The molecule has 100 valence electrons. The van der Waals surface area contributed by atoms with Crippen molar-refractivity contribution in [1.29, 1.82) is 0 Å². The van der Waals surface area contributed by atoms with E-state index in [0.717, 1.165) is 6.54 Å². The van der Waals surface area contributed by atoms with E-state index in [1.54, 1.807) is 31.0 Å². The van der Waals surface area contributed by atoms with Gasteiger partial charge in [-0.05, 0) is 32.4 Å². The maximum absolute atomic E-state index is 12.1. The minimum absolute atomic E-state index is 0.129. The van der Waals surface area contributed by atoms with E-state index in [2.05, 4.69) is 10.3 Å². The molecule has 0 saturated heterocycles. The molecule has 18 heavy (non-hydrogen) atoms. The van der Waals surface area contributed by atoms with E-state index in [0.29, 0.717) is 24.5 Å². The number of nitrogens with one attached hydrogen (secondary N) is 1. The Morgan fingerprint density at radius 3 is 2.89 bits per heavy atom. The molecule has 0 saturated carbocycles. The highest BCUT2D eigenvalue weighted by molar-refractivity contribution is 5.92. The maximum atomic E-state index is 12.1. The average Bonchev–Trinajstić information content (AvgIpc) is 2.35. The lowest BCUT2D eigenvalue weighted by atomic mass is 10.2. The summed E-state index contributed by atoms with van der Waals surface area (Å²) in [4.78, 5) is 17.9. The molecule has 5 heteroatoms. The number of aromatic nitrogens is 1.